The number of nitrogens with two attached hydrogens (primary N) is 1. The second-order valence-electron chi connectivity index (χ2n) is 6.73. The highest BCUT2D eigenvalue weighted by atomic mass is 15.2. The molecule has 1 aliphatic heterocycles. The summed E-state index contributed by atoms with van der Waals surface area (Å²) in [5, 5.41) is 7.38. The molecule has 0 aliphatic carbocycles. The fourth-order valence-electron chi connectivity index (χ4n) is 3.15. The first-order valence-corrected chi connectivity index (χ1v) is 7.62. The Bertz CT molecular complexity index is 588. The lowest BCUT2D eigenvalue weighted by atomic mass is 9.79. The molecule has 1 saturated heterocycles. The van der Waals surface area contributed by atoms with E-state index in [0.717, 1.165) is 31.7 Å². The molecule has 1 aromatic heterocycles. The average Bonchev–Trinajstić information content (AvgIpc) is 2.92. The molecule has 0 spiro atoms. The quantitative estimate of drug-likeness (QED) is 0.911. The minimum Gasteiger partial charge on any atom is -0.327 e. The number of nitrogens with one attached hydrogen (secondary N) is 1. The summed E-state index contributed by atoms with van der Waals surface area (Å²) in [6.07, 6.45) is 3.01. The largest absolute Gasteiger partial charge is 0.327 e. The molecular weight excluding hydrogens is 260 g/mol. The van der Waals surface area contributed by atoms with Crippen molar-refractivity contribution >= 4 is 0 Å². The molecule has 0 bridgehead atoms. The van der Waals surface area contributed by atoms with E-state index in [0.29, 0.717) is 6.04 Å². The molecule has 1 unspecified atom stereocenters. The summed E-state index contributed by atoms with van der Waals surface area (Å²) >= 11 is 0. The highest BCUT2D eigenvalue weighted by molar-refractivity contribution is 5.62. The monoisotopic (exact) mass is 284 g/mol. The van der Waals surface area contributed by atoms with Gasteiger partial charge in [-0.05, 0) is 17.4 Å². The van der Waals surface area contributed by atoms with Crippen molar-refractivity contribution in [2.75, 3.05) is 13.1 Å². The molecule has 0 radical (unpaired) electrons. The number of aromatic nitrogens is 2. The van der Waals surface area contributed by atoms with Gasteiger partial charge in [-0.1, -0.05) is 44.2 Å². The smallest absolute Gasteiger partial charge is 0.0695 e. The second kappa shape index (κ2) is 5.62. The molecule has 2 aromatic rings. The van der Waals surface area contributed by atoms with Crippen molar-refractivity contribution < 1.29 is 0 Å². The number of hydrogen-bond donors (Lipinski definition) is 2. The third kappa shape index (κ3) is 3.01. The maximum Gasteiger partial charge on any atom is 0.0695 e. The van der Waals surface area contributed by atoms with Crippen molar-refractivity contribution in [3.8, 4) is 11.3 Å². The highest BCUT2D eigenvalue weighted by Gasteiger charge is 2.33. The van der Waals surface area contributed by atoms with Crippen LogP contribution in [0.15, 0.2) is 36.5 Å². The van der Waals surface area contributed by atoms with Crippen LogP contribution in [0.3, 0.4) is 0 Å². The van der Waals surface area contributed by atoms with Gasteiger partial charge in [-0.15, -0.1) is 0 Å². The summed E-state index contributed by atoms with van der Waals surface area (Å²) < 4.78 is 0. The summed E-state index contributed by atoms with van der Waals surface area (Å²) in [5.41, 5.74) is 9.98. The van der Waals surface area contributed by atoms with Crippen LogP contribution in [-0.2, 0) is 6.54 Å². The number of H-pyrrole nitrogens is 1. The van der Waals surface area contributed by atoms with Gasteiger partial charge < -0.3 is 5.73 Å². The van der Waals surface area contributed by atoms with Gasteiger partial charge in [-0.3, -0.25) is 10.00 Å². The number of benzene rings is 1. The Hall–Kier alpha value is -1.65. The van der Waals surface area contributed by atoms with Gasteiger partial charge in [0, 0.05) is 31.2 Å². The van der Waals surface area contributed by atoms with E-state index >= 15 is 0 Å². The lowest BCUT2D eigenvalue weighted by Crippen LogP contribution is -2.52. The summed E-state index contributed by atoms with van der Waals surface area (Å²) in [5.74, 6) is 0. The number of nitrogens with zero attached hydrogens (tertiary/aromatic N) is 2. The Balaban J connectivity index is 1.76. The van der Waals surface area contributed by atoms with E-state index in [1.165, 1.54) is 11.1 Å². The zero-order valence-electron chi connectivity index (χ0n) is 12.8. The van der Waals surface area contributed by atoms with E-state index < -0.39 is 0 Å². The predicted octanol–water partition coefficient (Wildman–Crippen LogP) is 2.64. The molecule has 2 heterocycles. The fourth-order valence-corrected chi connectivity index (χ4v) is 3.15. The van der Waals surface area contributed by atoms with Gasteiger partial charge in [0.15, 0.2) is 0 Å². The Labute approximate surface area is 126 Å². The Kier molecular flexibility index (Phi) is 3.83. The molecule has 1 fully saturated rings. The molecule has 1 aliphatic rings. The van der Waals surface area contributed by atoms with Crippen molar-refractivity contribution in [3.05, 3.63) is 42.1 Å². The number of hydrogen-bond acceptors (Lipinski definition) is 3. The van der Waals surface area contributed by atoms with E-state index in [1.807, 2.05) is 12.3 Å². The zero-order chi connectivity index (χ0) is 14.9. The van der Waals surface area contributed by atoms with E-state index in [9.17, 15) is 0 Å². The second-order valence-corrected chi connectivity index (χ2v) is 6.73. The lowest BCUT2D eigenvalue weighted by molar-refractivity contribution is 0.0900. The topological polar surface area (TPSA) is 57.9 Å². The van der Waals surface area contributed by atoms with E-state index in [4.69, 9.17) is 5.73 Å². The van der Waals surface area contributed by atoms with Crippen LogP contribution in [0, 0.1) is 5.41 Å². The molecule has 112 valence electrons. The number of piperidine rings is 1. The van der Waals surface area contributed by atoms with E-state index in [1.54, 1.807) is 0 Å². The Morgan fingerprint density at radius 3 is 2.81 bits per heavy atom. The molecule has 4 heteroatoms. The lowest BCUT2D eigenvalue weighted by Gasteiger charge is -2.42. The first-order chi connectivity index (χ1) is 10.1. The van der Waals surface area contributed by atoms with Gasteiger partial charge >= 0.3 is 0 Å². The predicted molar refractivity (Wildman–Crippen MR) is 85.7 cm³/mol. The normalized spacial score (nSPS) is 22.3. The molecule has 3 N–H and O–H groups in total. The van der Waals surface area contributed by atoms with Crippen LogP contribution < -0.4 is 5.73 Å². The SMILES string of the molecule is CC1(C)CN(Cc2cn[nH]c2-c2ccccc2)CCC1N. The number of likely N-dealkylation sites (tertiary alicyclic amines) is 1. The first-order valence-electron chi connectivity index (χ1n) is 7.62. The minimum atomic E-state index is 0.175. The van der Waals surface area contributed by atoms with Crippen LogP contribution >= 0.6 is 0 Å². The van der Waals surface area contributed by atoms with Crippen LogP contribution in [-0.4, -0.2) is 34.2 Å². The Morgan fingerprint density at radius 1 is 1.33 bits per heavy atom. The standard InChI is InChI=1S/C17H24N4/c1-17(2)12-21(9-8-15(17)18)11-14-10-19-20-16(14)13-6-4-3-5-7-13/h3-7,10,15H,8-9,11-12,18H2,1-2H3,(H,19,20). The van der Waals surface area contributed by atoms with Crippen molar-refractivity contribution in [3.63, 3.8) is 0 Å². The maximum atomic E-state index is 6.22. The first kappa shape index (κ1) is 14.3. The fraction of sp³-hybridized carbons (Fsp3) is 0.471. The number of aromatic amines is 1. The zero-order valence-corrected chi connectivity index (χ0v) is 12.8. The summed E-state index contributed by atoms with van der Waals surface area (Å²) in [6, 6.07) is 10.7. The van der Waals surface area contributed by atoms with Crippen molar-refractivity contribution in [1.29, 1.82) is 0 Å². The van der Waals surface area contributed by atoms with Gasteiger partial charge in [-0.25, -0.2) is 0 Å². The van der Waals surface area contributed by atoms with Crippen molar-refractivity contribution in [1.82, 2.24) is 15.1 Å². The summed E-state index contributed by atoms with van der Waals surface area (Å²) in [4.78, 5) is 2.49. The van der Waals surface area contributed by atoms with Gasteiger partial charge in [0.25, 0.3) is 0 Å². The van der Waals surface area contributed by atoms with Crippen LogP contribution in [0.25, 0.3) is 11.3 Å². The van der Waals surface area contributed by atoms with E-state index in [2.05, 4.69) is 53.2 Å². The van der Waals surface area contributed by atoms with E-state index in [-0.39, 0.29) is 5.41 Å². The molecule has 21 heavy (non-hydrogen) atoms. The molecule has 0 saturated carbocycles. The Morgan fingerprint density at radius 2 is 2.10 bits per heavy atom. The van der Waals surface area contributed by atoms with Crippen molar-refractivity contribution in [2.24, 2.45) is 11.1 Å². The third-order valence-corrected chi connectivity index (χ3v) is 4.57. The summed E-state index contributed by atoms with van der Waals surface area (Å²) in [6.45, 7) is 7.54. The van der Waals surface area contributed by atoms with Crippen LogP contribution in [0.4, 0.5) is 0 Å². The van der Waals surface area contributed by atoms with Gasteiger partial charge in [0.1, 0.15) is 0 Å². The third-order valence-electron chi connectivity index (χ3n) is 4.57. The van der Waals surface area contributed by atoms with Crippen LogP contribution in [0.1, 0.15) is 25.8 Å². The molecule has 3 rings (SSSR count). The molecule has 4 nitrogen and oxygen atoms in total. The highest BCUT2D eigenvalue weighted by Crippen LogP contribution is 2.30. The van der Waals surface area contributed by atoms with Crippen LogP contribution in [0.2, 0.25) is 0 Å². The van der Waals surface area contributed by atoms with Crippen LogP contribution in [0.5, 0.6) is 0 Å². The average molecular weight is 284 g/mol. The van der Waals surface area contributed by atoms with Crippen molar-refractivity contribution in [2.45, 2.75) is 32.9 Å². The molecular formula is C17H24N4. The molecule has 0 amide bonds. The van der Waals surface area contributed by atoms with Gasteiger partial charge in [0.05, 0.1) is 11.9 Å². The molecule has 1 aromatic carbocycles. The minimum absolute atomic E-state index is 0.175. The van der Waals surface area contributed by atoms with Gasteiger partial charge in [0.2, 0.25) is 0 Å². The number of rotatable bonds is 3. The van der Waals surface area contributed by atoms with Gasteiger partial charge in [-0.2, -0.15) is 5.10 Å². The summed E-state index contributed by atoms with van der Waals surface area (Å²) in [7, 11) is 0. The maximum absolute atomic E-state index is 6.22. The molecule has 1 atom stereocenters.